The van der Waals surface area contributed by atoms with Crippen LogP contribution in [-0.2, 0) is 11.2 Å². The topological polar surface area (TPSA) is 64.4 Å². The number of furan rings is 1. The van der Waals surface area contributed by atoms with Crippen molar-refractivity contribution in [2.75, 3.05) is 12.4 Å². The Morgan fingerprint density at radius 3 is 2.86 bits per heavy atom. The highest BCUT2D eigenvalue weighted by Crippen LogP contribution is 2.25. The van der Waals surface area contributed by atoms with Gasteiger partial charge in [-0.25, -0.2) is 9.37 Å². The summed E-state index contributed by atoms with van der Waals surface area (Å²) in [7, 11) is 1.61. The molecule has 0 radical (unpaired) electrons. The Morgan fingerprint density at radius 1 is 1.24 bits per heavy atom. The Kier molecular flexibility index (Phi) is 5.39. The highest BCUT2D eigenvalue weighted by Gasteiger charge is 2.07. The molecule has 29 heavy (non-hydrogen) atoms. The summed E-state index contributed by atoms with van der Waals surface area (Å²) in [6.45, 7) is 0. The van der Waals surface area contributed by atoms with E-state index in [4.69, 9.17) is 9.15 Å². The molecule has 1 amide bonds. The van der Waals surface area contributed by atoms with Crippen LogP contribution in [0.4, 0.5) is 9.52 Å². The van der Waals surface area contributed by atoms with Gasteiger partial charge in [0.15, 0.2) is 5.13 Å². The first-order valence-electron chi connectivity index (χ1n) is 8.85. The zero-order valence-corrected chi connectivity index (χ0v) is 16.3. The average Bonchev–Trinajstić information content (AvgIpc) is 3.33. The third kappa shape index (κ3) is 4.70. The number of nitrogens with zero attached hydrogens (tertiary/aromatic N) is 1. The molecule has 2 aromatic heterocycles. The SMILES string of the molecule is COc1ccc2oc(C=CC(=O)Nc3ncc(Cc4ccc(F)cc4)s3)cc2c1. The third-order valence-corrected chi connectivity index (χ3v) is 5.13. The van der Waals surface area contributed by atoms with Crippen LogP contribution in [0.3, 0.4) is 0 Å². The van der Waals surface area contributed by atoms with Crippen molar-refractivity contribution in [3.8, 4) is 5.75 Å². The number of amides is 1. The van der Waals surface area contributed by atoms with Gasteiger partial charge >= 0.3 is 0 Å². The largest absolute Gasteiger partial charge is 0.497 e. The number of carbonyl (C=O) groups excluding carboxylic acids is 1. The molecule has 0 aliphatic carbocycles. The van der Waals surface area contributed by atoms with Crippen molar-refractivity contribution in [2.24, 2.45) is 0 Å². The Bertz CT molecular complexity index is 1180. The number of aromatic nitrogens is 1. The van der Waals surface area contributed by atoms with E-state index in [9.17, 15) is 9.18 Å². The zero-order valence-electron chi connectivity index (χ0n) is 15.5. The van der Waals surface area contributed by atoms with Crippen LogP contribution >= 0.6 is 11.3 Å². The van der Waals surface area contributed by atoms with E-state index >= 15 is 0 Å². The van der Waals surface area contributed by atoms with E-state index in [1.54, 1.807) is 31.5 Å². The van der Waals surface area contributed by atoms with Crippen LogP contribution in [0, 0.1) is 5.82 Å². The molecule has 4 aromatic rings. The predicted molar refractivity (Wildman–Crippen MR) is 112 cm³/mol. The summed E-state index contributed by atoms with van der Waals surface area (Å²) >= 11 is 1.38. The van der Waals surface area contributed by atoms with Crippen LogP contribution in [0.2, 0.25) is 0 Å². The lowest BCUT2D eigenvalue weighted by molar-refractivity contribution is -0.111. The number of nitrogens with one attached hydrogen (secondary N) is 1. The highest BCUT2D eigenvalue weighted by molar-refractivity contribution is 7.15. The molecular weight excluding hydrogens is 391 g/mol. The number of carbonyl (C=O) groups is 1. The summed E-state index contributed by atoms with van der Waals surface area (Å²) in [5, 5.41) is 4.14. The van der Waals surface area contributed by atoms with E-state index in [2.05, 4.69) is 10.3 Å². The third-order valence-electron chi connectivity index (χ3n) is 4.22. The lowest BCUT2D eigenvalue weighted by Crippen LogP contribution is -2.06. The van der Waals surface area contributed by atoms with Gasteiger partial charge in [0.25, 0.3) is 0 Å². The average molecular weight is 408 g/mol. The second-order valence-corrected chi connectivity index (χ2v) is 7.43. The molecule has 5 nitrogen and oxygen atoms in total. The smallest absolute Gasteiger partial charge is 0.250 e. The van der Waals surface area contributed by atoms with Gasteiger partial charge in [0.1, 0.15) is 22.9 Å². The Balaban J connectivity index is 1.38. The van der Waals surface area contributed by atoms with Gasteiger partial charge in [-0.1, -0.05) is 12.1 Å². The van der Waals surface area contributed by atoms with Crippen molar-refractivity contribution >= 4 is 39.4 Å². The lowest BCUT2D eigenvalue weighted by atomic mass is 10.1. The number of anilines is 1. The van der Waals surface area contributed by atoms with Crippen LogP contribution in [0.15, 0.2) is 65.2 Å². The number of ether oxygens (including phenoxy) is 1. The van der Waals surface area contributed by atoms with Crippen LogP contribution in [0.5, 0.6) is 5.75 Å². The first-order valence-corrected chi connectivity index (χ1v) is 9.66. The van der Waals surface area contributed by atoms with Crippen molar-refractivity contribution in [1.29, 1.82) is 0 Å². The summed E-state index contributed by atoms with van der Waals surface area (Å²) in [5.74, 6) is 0.749. The molecule has 0 unspecified atom stereocenters. The van der Waals surface area contributed by atoms with Gasteiger partial charge in [-0.3, -0.25) is 10.1 Å². The highest BCUT2D eigenvalue weighted by atomic mass is 32.1. The van der Waals surface area contributed by atoms with Crippen molar-refractivity contribution in [3.05, 3.63) is 82.8 Å². The predicted octanol–water partition coefficient (Wildman–Crippen LogP) is 5.28. The Morgan fingerprint density at radius 2 is 2.07 bits per heavy atom. The minimum absolute atomic E-state index is 0.263. The fourth-order valence-electron chi connectivity index (χ4n) is 2.81. The van der Waals surface area contributed by atoms with Gasteiger partial charge in [0.2, 0.25) is 5.91 Å². The van der Waals surface area contributed by atoms with Crippen LogP contribution in [0.25, 0.3) is 17.0 Å². The van der Waals surface area contributed by atoms with Crippen molar-refractivity contribution in [1.82, 2.24) is 4.98 Å². The number of methoxy groups -OCH3 is 1. The molecule has 0 bridgehead atoms. The maximum absolute atomic E-state index is 13.0. The van der Waals surface area contributed by atoms with E-state index in [1.165, 1.54) is 29.5 Å². The second kappa shape index (κ2) is 8.28. The molecule has 0 saturated heterocycles. The molecule has 1 N–H and O–H groups in total. The molecule has 2 heterocycles. The number of hydrogen-bond donors (Lipinski definition) is 1. The Hall–Kier alpha value is -3.45. The normalized spacial score (nSPS) is 11.2. The fraction of sp³-hybridized carbons (Fsp3) is 0.0909. The molecule has 2 aromatic carbocycles. The van der Waals surface area contributed by atoms with Crippen molar-refractivity contribution < 1.29 is 18.3 Å². The van der Waals surface area contributed by atoms with Gasteiger partial charge in [-0.2, -0.15) is 0 Å². The van der Waals surface area contributed by atoms with E-state index in [1.807, 2.05) is 24.3 Å². The first-order chi connectivity index (χ1) is 14.1. The maximum atomic E-state index is 13.0. The molecule has 0 spiro atoms. The van der Waals surface area contributed by atoms with Crippen LogP contribution in [0.1, 0.15) is 16.2 Å². The summed E-state index contributed by atoms with van der Waals surface area (Å²) in [5.41, 5.74) is 1.70. The number of halogens is 1. The van der Waals surface area contributed by atoms with E-state index < -0.39 is 0 Å². The summed E-state index contributed by atoms with van der Waals surface area (Å²) < 4.78 is 23.9. The molecule has 0 saturated carbocycles. The van der Waals surface area contributed by atoms with Crippen LogP contribution in [-0.4, -0.2) is 18.0 Å². The fourth-order valence-corrected chi connectivity index (χ4v) is 3.66. The molecule has 0 fully saturated rings. The summed E-state index contributed by atoms with van der Waals surface area (Å²) in [6, 6.07) is 13.7. The molecule has 0 atom stereocenters. The van der Waals surface area contributed by atoms with Gasteiger partial charge in [0, 0.05) is 29.0 Å². The van der Waals surface area contributed by atoms with Gasteiger partial charge in [-0.15, -0.1) is 11.3 Å². The quantitative estimate of drug-likeness (QED) is 0.441. The van der Waals surface area contributed by atoms with Gasteiger partial charge in [0.05, 0.1) is 7.11 Å². The number of benzene rings is 2. The number of fused-ring (bicyclic) bond motifs is 1. The van der Waals surface area contributed by atoms with E-state index in [0.29, 0.717) is 17.3 Å². The van der Waals surface area contributed by atoms with Crippen molar-refractivity contribution in [2.45, 2.75) is 6.42 Å². The number of rotatable bonds is 6. The molecule has 146 valence electrons. The second-order valence-electron chi connectivity index (χ2n) is 6.31. The maximum Gasteiger partial charge on any atom is 0.250 e. The van der Waals surface area contributed by atoms with Crippen LogP contribution < -0.4 is 10.1 Å². The molecule has 4 rings (SSSR count). The minimum atomic E-state index is -0.300. The Labute approximate surface area is 170 Å². The summed E-state index contributed by atoms with van der Waals surface area (Å²) in [4.78, 5) is 17.4. The standard InChI is InChI=1S/C22H17FN2O3S/c1-27-17-6-8-20-15(11-17)12-18(28-20)7-9-21(26)25-22-24-13-19(29-22)10-14-2-4-16(23)5-3-14/h2-9,11-13H,10H2,1H3,(H,24,25,26). The first kappa shape index (κ1) is 18.9. The minimum Gasteiger partial charge on any atom is -0.497 e. The summed E-state index contributed by atoms with van der Waals surface area (Å²) in [6.07, 6.45) is 5.34. The zero-order chi connectivity index (χ0) is 20.2. The lowest BCUT2D eigenvalue weighted by Gasteiger charge is -1.98. The van der Waals surface area contributed by atoms with E-state index in [0.717, 1.165) is 27.2 Å². The van der Waals surface area contributed by atoms with Gasteiger partial charge < -0.3 is 9.15 Å². The molecule has 0 aliphatic rings. The number of hydrogen-bond acceptors (Lipinski definition) is 5. The van der Waals surface area contributed by atoms with E-state index in [-0.39, 0.29) is 11.7 Å². The molecular formula is C22H17FN2O3S. The molecule has 0 aliphatic heterocycles. The number of thiazole rings is 1. The van der Waals surface area contributed by atoms with Gasteiger partial charge in [-0.05, 0) is 48.0 Å². The monoisotopic (exact) mass is 408 g/mol. The van der Waals surface area contributed by atoms with Crippen molar-refractivity contribution in [3.63, 3.8) is 0 Å². The molecule has 7 heteroatoms.